The van der Waals surface area contributed by atoms with Crippen molar-refractivity contribution in [2.24, 2.45) is 0 Å². The maximum atomic E-state index is 5.27. The summed E-state index contributed by atoms with van der Waals surface area (Å²) in [5.74, 6) is 1.61. The summed E-state index contributed by atoms with van der Waals surface area (Å²) in [6.07, 6.45) is 1.03. The van der Waals surface area contributed by atoms with Crippen LogP contribution in [0.25, 0.3) is 0 Å². The molecule has 3 nitrogen and oxygen atoms in total. The van der Waals surface area contributed by atoms with Gasteiger partial charge >= 0.3 is 0 Å². The van der Waals surface area contributed by atoms with Gasteiger partial charge in [-0.1, -0.05) is 0 Å². The molecule has 0 saturated carbocycles. The van der Waals surface area contributed by atoms with Gasteiger partial charge in [-0.05, 0) is 17.7 Å². The Kier molecular flexibility index (Phi) is 2.62. The molecular weight excluding hydrogens is 190 g/mol. The molecule has 0 spiro atoms. The molecule has 1 aromatic carbocycles. The number of rotatable bonds is 2. The largest absolute Gasteiger partial charge is 0.493 e. The van der Waals surface area contributed by atoms with E-state index in [1.165, 1.54) is 11.1 Å². The van der Waals surface area contributed by atoms with Crippen molar-refractivity contribution >= 4 is 6.72 Å². The van der Waals surface area contributed by atoms with Gasteiger partial charge in [0.1, 0.15) is 13.3 Å². The number of nitrogens with zero attached hydrogens (tertiary/aromatic N) is 1. The summed E-state index contributed by atoms with van der Waals surface area (Å²) in [6, 6.07) is 4.12. The second-order valence-corrected chi connectivity index (χ2v) is 3.78. The highest BCUT2D eigenvalue weighted by molar-refractivity contribution is 5.47. The second-order valence-electron chi connectivity index (χ2n) is 3.78. The van der Waals surface area contributed by atoms with Crippen molar-refractivity contribution in [1.29, 1.82) is 0 Å². The molecule has 0 radical (unpaired) electrons. The molecule has 3 heteroatoms. The van der Waals surface area contributed by atoms with Crippen LogP contribution in [0.1, 0.15) is 11.1 Å². The number of hydrogen-bond donors (Lipinski definition) is 0. The first-order valence-corrected chi connectivity index (χ1v) is 5.04. The van der Waals surface area contributed by atoms with E-state index in [4.69, 9.17) is 9.47 Å². The van der Waals surface area contributed by atoms with Crippen molar-refractivity contribution in [1.82, 2.24) is 0 Å². The Bertz CT molecular complexity index is 399. The first kappa shape index (κ1) is 10.0. The topological polar surface area (TPSA) is 21.5 Å². The van der Waals surface area contributed by atoms with E-state index in [2.05, 4.69) is 17.4 Å². The van der Waals surface area contributed by atoms with E-state index in [0.29, 0.717) is 0 Å². The first-order valence-electron chi connectivity index (χ1n) is 5.04. The fraction of sp³-hybridized carbons (Fsp3) is 0.417. The van der Waals surface area contributed by atoms with Crippen LogP contribution in [0.4, 0.5) is 0 Å². The van der Waals surface area contributed by atoms with Gasteiger partial charge in [-0.25, -0.2) is 4.58 Å². The molecule has 0 N–H and O–H groups in total. The molecule has 0 aliphatic carbocycles. The third-order valence-electron chi connectivity index (χ3n) is 2.80. The lowest BCUT2D eigenvalue weighted by Crippen LogP contribution is -2.20. The van der Waals surface area contributed by atoms with Crippen molar-refractivity contribution in [2.75, 3.05) is 20.8 Å². The van der Waals surface area contributed by atoms with Crippen LogP contribution >= 0.6 is 0 Å². The fourth-order valence-electron chi connectivity index (χ4n) is 1.94. The zero-order valence-corrected chi connectivity index (χ0v) is 9.25. The van der Waals surface area contributed by atoms with Crippen LogP contribution in [0, 0.1) is 0 Å². The normalized spacial score (nSPS) is 14.7. The average Bonchev–Trinajstić information content (AvgIpc) is 2.27. The van der Waals surface area contributed by atoms with Crippen LogP contribution in [-0.2, 0) is 13.0 Å². The van der Waals surface area contributed by atoms with E-state index < -0.39 is 0 Å². The third-order valence-corrected chi connectivity index (χ3v) is 2.80. The Morgan fingerprint density at radius 2 is 1.73 bits per heavy atom. The molecule has 2 rings (SSSR count). The van der Waals surface area contributed by atoms with Gasteiger partial charge in [-0.15, -0.1) is 0 Å². The van der Waals surface area contributed by atoms with E-state index in [9.17, 15) is 0 Å². The SMILES string of the molecule is C=[N+]1CCc2cc(OC)c(OC)cc2C1. The van der Waals surface area contributed by atoms with E-state index in [1.807, 2.05) is 6.07 Å². The lowest BCUT2D eigenvalue weighted by atomic mass is 10.00. The minimum atomic E-state index is 0.798. The molecule has 0 aromatic heterocycles. The Hall–Kier alpha value is -1.51. The fourth-order valence-corrected chi connectivity index (χ4v) is 1.94. The summed E-state index contributed by atoms with van der Waals surface area (Å²) in [5, 5.41) is 0. The molecular formula is C12H16NO2+. The number of hydrogen-bond acceptors (Lipinski definition) is 2. The summed E-state index contributed by atoms with van der Waals surface area (Å²) >= 11 is 0. The van der Waals surface area contributed by atoms with Crippen molar-refractivity contribution in [2.45, 2.75) is 13.0 Å². The molecule has 0 atom stereocenters. The van der Waals surface area contributed by atoms with Gasteiger partial charge in [-0.2, -0.15) is 0 Å². The molecule has 0 amide bonds. The van der Waals surface area contributed by atoms with E-state index in [1.54, 1.807) is 14.2 Å². The monoisotopic (exact) mass is 206 g/mol. The minimum Gasteiger partial charge on any atom is -0.493 e. The van der Waals surface area contributed by atoms with Crippen LogP contribution in [0.5, 0.6) is 11.5 Å². The van der Waals surface area contributed by atoms with Crippen molar-refractivity contribution in [3.8, 4) is 11.5 Å². The van der Waals surface area contributed by atoms with Gasteiger partial charge in [0.2, 0.25) is 0 Å². The van der Waals surface area contributed by atoms with Gasteiger partial charge in [0.25, 0.3) is 0 Å². The average molecular weight is 206 g/mol. The van der Waals surface area contributed by atoms with Gasteiger partial charge in [-0.3, -0.25) is 0 Å². The maximum Gasteiger partial charge on any atom is 0.168 e. The highest BCUT2D eigenvalue weighted by atomic mass is 16.5. The van der Waals surface area contributed by atoms with Crippen LogP contribution in [0.15, 0.2) is 12.1 Å². The molecule has 0 bridgehead atoms. The van der Waals surface area contributed by atoms with Crippen molar-refractivity contribution < 1.29 is 14.0 Å². The standard InChI is InChI=1S/C12H16NO2/c1-13-5-4-9-6-11(14-2)12(15-3)7-10(9)8-13/h6-7H,1,4-5,8H2,2-3H3/q+1. The second kappa shape index (κ2) is 3.93. The Morgan fingerprint density at radius 3 is 2.33 bits per heavy atom. The van der Waals surface area contributed by atoms with Gasteiger partial charge in [0.15, 0.2) is 18.0 Å². The molecule has 1 aromatic rings. The smallest absolute Gasteiger partial charge is 0.168 e. The predicted molar refractivity (Wildman–Crippen MR) is 59.2 cm³/mol. The Balaban J connectivity index is 2.45. The predicted octanol–water partition coefficient (Wildman–Crippen LogP) is 1.47. The van der Waals surface area contributed by atoms with E-state index in [-0.39, 0.29) is 0 Å². The lowest BCUT2D eigenvalue weighted by molar-refractivity contribution is -0.539. The zero-order chi connectivity index (χ0) is 10.8. The van der Waals surface area contributed by atoms with E-state index >= 15 is 0 Å². The minimum absolute atomic E-state index is 0.798. The molecule has 0 fully saturated rings. The molecule has 0 unspecified atom stereocenters. The molecule has 15 heavy (non-hydrogen) atoms. The van der Waals surface area contributed by atoms with Crippen LogP contribution in [0.3, 0.4) is 0 Å². The number of ether oxygens (including phenoxy) is 2. The summed E-state index contributed by atoms with van der Waals surface area (Å²) in [4.78, 5) is 0. The van der Waals surface area contributed by atoms with Crippen LogP contribution in [0.2, 0.25) is 0 Å². The van der Waals surface area contributed by atoms with E-state index in [0.717, 1.165) is 31.0 Å². The summed E-state index contributed by atoms with van der Waals surface area (Å²) in [5.41, 5.74) is 2.63. The highest BCUT2D eigenvalue weighted by Crippen LogP contribution is 2.32. The number of methoxy groups -OCH3 is 2. The summed E-state index contributed by atoms with van der Waals surface area (Å²) in [7, 11) is 3.33. The Labute approximate surface area is 89.9 Å². The highest BCUT2D eigenvalue weighted by Gasteiger charge is 2.19. The molecule has 0 saturated heterocycles. The number of benzene rings is 1. The van der Waals surface area contributed by atoms with Gasteiger partial charge in [0, 0.05) is 12.0 Å². The third kappa shape index (κ3) is 1.82. The van der Waals surface area contributed by atoms with Crippen LogP contribution < -0.4 is 9.47 Å². The molecule has 80 valence electrons. The quantitative estimate of drug-likeness (QED) is 0.683. The first-order chi connectivity index (χ1) is 7.24. The molecule has 1 aliphatic rings. The van der Waals surface area contributed by atoms with Crippen molar-refractivity contribution in [3.05, 3.63) is 23.3 Å². The van der Waals surface area contributed by atoms with Crippen LogP contribution in [-0.4, -0.2) is 32.1 Å². The molecule has 1 aliphatic heterocycles. The Morgan fingerprint density at radius 1 is 1.13 bits per heavy atom. The summed E-state index contributed by atoms with van der Waals surface area (Å²) < 4.78 is 12.6. The van der Waals surface area contributed by atoms with Gasteiger partial charge < -0.3 is 9.47 Å². The summed E-state index contributed by atoms with van der Waals surface area (Å²) in [6.45, 7) is 5.84. The van der Waals surface area contributed by atoms with Crippen molar-refractivity contribution in [3.63, 3.8) is 0 Å². The lowest BCUT2D eigenvalue weighted by Gasteiger charge is -2.17. The zero-order valence-electron chi connectivity index (χ0n) is 9.25. The van der Waals surface area contributed by atoms with Gasteiger partial charge in [0.05, 0.1) is 14.2 Å². The molecule has 1 heterocycles. The maximum absolute atomic E-state index is 5.27. The number of fused-ring (bicyclic) bond motifs is 1.